The Balaban J connectivity index is 1.23. The van der Waals surface area contributed by atoms with Crippen LogP contribution in [0.5, 0.6) is 0 Å². The third kappa shape index (κ3) is 3.60. The lowest BCUT2D eigenvalue weighted by Crippen LogP contribution is -2.29. The fraction of sp³-hybridized carbons (Fsp3) is 0.545. The topological polar surface area (TPSA) is 76.1 Å². The van der Waals surface area contributed by atoms with Crippen LogP contribution in [0.1, 0.15) is 42.8 Å². The van der Waals surface area contributed by atoms with Crippen molar-refractivity contribution in [1.82, 2.24) is 29.6 Å². The number of anilines is 1. The lowest BCUT2D eigenvalue weighted by molar-refractivity contribution is 0.269. The number of aryl methyl sites for hydroxylation is 2. The number of nitrogens with zero attached hydrogens (tertiary/aromatic N) is 7. The van der Waals surface area contributed by atoms with E-state index >= 15 is 0 Å². The maximum atomic E-state index is 5.90. The molecule has 158 valence electrons. The molecule has 0 radical (unpaired) electrons. The molecule has 2 aliphatic rings. The summed E-state index contributed by atoms with van der Waals surface area (Å²) in [5.41, 5.74) is 2.08. The van der Waals surface area contributed by atoms with Gasteiger partial charge in [0.1, 0.15) is 17.9 Å². The van der Waals surface area contributed by atoms with E-state index in [4.69, 9.17) is 4.42 Å². The summed E-state index contributed by atoms with van der Waals surface area (Å²) in [5, 5.41) is 4.55. The zero-order valence-corrected chi connectivity index (χ0v) is 18.1. The fourth-order valence-corrected chi connectivity index (χ4v) is 4.75. The Bertz CT molecular complexity index is 1030. The Hall–Kier alpha value is -2.74. The van der Waals surface area contributed by atoms with Crippen molar-refractivity contribution in [3.05, 3.63) is 47.7 Å². The second-order valence-corrected chi connectivity index (χ2v) is 9.00. The van der Waals surface area contributed by atoms with Crippen molar-refractivity contribution >= 4 is 5.82 Å². The molecule has 2 aliphatic heterocycles. The molecule has 0 spiro atoms. The minimum atomic E-state index is 0.380. The molecule has 5 heterocycles. The van der Waals surface area contributed by atoms with E-state index in [0.717, 1.165) is 67.4 Å². The molecule has 0 bridgehead atoms. The largest absolute Gasteiger partial charge is 0.444 e. The lowest BCUT2D eigenvalue weighted by atomic mass is 10.0. The molecular formula is C22H29N7O. The lowest BCUT2D eigenvalue weighted by Gasteiger charge is -2.21. The van der Waals surface area contributed by atoms with Crippen LogP contribution >= 0.6 is 0 Å². The van der Waals surface area contributed by atoms with E-state index in [1.165, 1.54) is 0 Å². The van der Waals surface area contributed by atoms with Gasteiger partial charge in [-0.1, -0.05) is 13.8 Å². The number of rotatable bonds is 5. The standard InChI is InChI=1S/C22H29N7O/c1-14(2)19-7-23-22(30-19)12-27-8-17-10-28(11-18(17)9-27)20-6-21(25-13-24-20)29-16(4)5-15(3)26-29/h5-7,13-14,17-18H,8-12H2,1-4H3. The summed E-state index contributed by atoms with van der Waals surface area (Å²) in [5.74, 6) is 5.30. The predicted octanol–water partition coefficient (Wildman–Crippen LogP) is 2.96. The van der Waals surface area contributed by atoms with Gasteiger partial charge >= 0.3 is 0 Å². The Morgan fingerprint density at radius 3 is 2.37 bits per heavy atom. The van der Waals surface area contributed by atoms with Crippen LogP contribution in [-0.2, 0) is 6.54 Å². The van der Waals surface area contributed by atoms with Crippen molar-refractivity contribution in [1.29, 1.82) is 0 Å². The predicted molar refractivity (Wildman–Crippen MR) is 114 cm³/mol. The normalized spacial score (nSPS) is 21.7. The summed E-state index contributed by atoms with van der Waals surface area (Å²) in [6.07, 6.45) is 3.52. The minimum absolute atomic E-state index is 0.380. The number of hydrogen-bond donors (Lipinski definition) is 0. The average molecular weight is 408 g/mol. The minimum Gasteiger partial charge on any atom is -0.444 e. The summed E-state index contributed by atoms with van der Waals surface area (Å²) < 4.78 is 7.79. The highest BCUT2D eigenvalue weighted by atomic mass is 16.4. The Labute approximate surface area is 176 Å². The smallest absolute Gasteiger partial charge is 0.208 e. The van der Waals surface area contributed by atoms with Crippen molar-refractivity contribution in [3.63, 3.8) is 0 Å². The van der Waals surface area contributed by atoms with Gasteiger partial charge in [-0.25, -0.2) is 19.6 Å². The number of aromatic nitrogens is 5. The molecule has 8 heteroatoms. The molecule has 3 aromatic rings. The number of fused-ring (bicyclic) bond motifs is 1. The molecule has 0 amide bonds. The van der Waals surface area contributed by atoms with Gasteiger partial charge in [-0.2, -0.15) is 5.10 Å². The Morgan fingerprint density at radius 2 is 1.73 bits per heavy atom. The van der Waals surface area contributed by atoms with Crippen LogP contribution in [0.25, 0.3) is 5.82 Å². The van der Waals surface area contributed by atoms with Crippen molar-refractivity contribution in [2.24, 2.45) is 11.8 Å². The van der Waals surface area contributed by atoms with Crippen LogP contribution in [0.15, 0.2) is 29.1 Å². The van der Waals surface area contributed by atoms with Gasteiger partial charge in [-0.15, -0.1) is 0 Å². The number of oxazole rings is 1. The molecular weight excluding hydrogens is 378 g/mol. The average Bonchev–Trinajstić information content (AvgIpc) is 3.46. The number of hydrogen-bond acceptors (Lipinski definition) is 7. The molecule has 8 nitrogen and oxygen atoms in total. The molecule has 0 N–H and O–H groups in total. The molecule has 30 heavy (non-hydrogen) atoms. The van der Waals surface area contributed by atoms with Gasteiger partial charge in [0, 0.05) is 43.9 Å². The molecule has 0 saturated carbocycles. The molecule has 0 aliphatic carbocycles. The molecule has 2 fully saturated rings. The summed E-state index contributed by atoms with van der Waals surface area (Å²) in [4.78, 5) is 18.3. The summed E-state index contributed by atoms with van der Waals surface area (Å²) >= 11 is 0. The van der Waals surface area contributed by atoms with E-state index < -0.39 is 0 Å². The fourth-order valence-electron chi connectivity index (χ4n) is 4.75. The van der Waals surface area contributed by atoms with E-state index in [0.29, 0.717) is 17.8 Å². The van der Waals surface area contributed by atoms with Gasteiger partial charge in [-0.05, 0) is 31.7 Å². The quantitative estimate of drug-likeness (QED) is 0.643. The SMILES string of the molecule is Cc1cc(C)n(-c2cc(N3CC4CN(Cc5ncc(C(C)C)o5)CC4C3)ncn2)n1. The highest BCUT2D eigenvalue weighted by molar-refractivity contribution is 5.45. The summed E-state index contributed by atoms with van der Waals surface area (Å²) in [6.45, 7) is 13.3. The van der Waals surface area contributed by atoms with E-state index in [2.05, 4.69) is 62.8 Å². The molecule has 3 aromatic heterocycles. The zero-order valence-electron chi connectivity index (χ0n) is 18.1. The van der Waals surface area contributed by atoms with Crippen LogP contribution in [0, 0.1) is 25.7 Å². The third-order valence-corrected chi connectivity index (χ3v) is 6.25. The molecule has 2 unspecified atom stereocenters. The van der Waals surface area contributed by atoms with Gasteiger partial charge in [-0.3, -0.25) is 4.90 Å². The Kier molecular flexibility index (Phi) is 4.81. The van der Waals surface area contributed by atoms with Crippen molar-refractivity contribution in [3.8, 4) is 5.82 Å². The van der Waals surface area contributed by atoms with Gasteiger partial charge in [0.15, 0.2) is 5.82 Å². The van der Waals surface area contributed by atoms with Crippen LogP contribution in [0.4, 0.5) is 5.82 Å². The van der Waals surface area contributed by atoms with Crippen molar-refractivity contribution in [2.45, 2.75) is 40.2 Å². The number of likely N-dealkylation sites (tertiary alicyclic amines) is 1. The maximum Gasteiger partial charge on any atom is 0.208 e. The Morgan fingerprint density at radius 1 is 1.00 bits per heavy atom. The van der Waals surface area contributed by atoms with Crippen LogP contribution < -0.4 is 4.90 Å². The second kappa shape index (κ2) is 7.50. The van der Waals surface area contributed by atoms with Crippen LogP contribution in [0.2, 0.25) is 0 Å². The molecule has 5 rings (SSSR count). The third-order valence-electron chi connectivity index (χ3n) is 6.25. The molecule has 0 aromatic carbocycles. The van der Waals surface area contributed by atoms with Gasteiger partial charge in [0.25, 0.3) is 0 Å². The molecule has 2 saturated heterocycles. The van der Waals surface area contributed by atoms with E-state index in [1.807, 2.05) is 17.8 Å². The highest BCUT2D eigenvalue weighted by Crippen LogP contribution is 2.34. The highest BCUT2D eigenvalue weighted by Gasteiger charge is 2.40. The first kappa shape index (κ1) is 19.2. The van der Waals surface area contributed by atoms with E-state index in [-0.39, 0.29) is 0 Å². The maximum absolute atomic E-state index is 5.90. The van der Waals surface area contributed by atoms with Gasteiger partial charge in [0.2, 0.25) is 5.89 Å². The monoisotopic (exact) mass is 407 g/mol. The molecule has 2 atom stereocenters. The van der Waals surface area contributed by atoms with Crippen LogP contribution in [-0.4, -0.2) is 55.8 Å². The zero-order chi connectivity index (χ0) is 20.8. The van der Waals surface area contributed by atoms with Gasteiger partial charge in [0.05, 0.1) is 18.4 Å². The summed E-state index contributed by atoms with van der Waals surface area (Å²) in [6, 6.07) is 4.12. The van der Waals surface area contributed by atoms with Crippen molar-refractivity contribution in [2.75, 3.05) is 31.1 Å². The first-order chi connectivity index (χ1) is 14.5. The van der Waals surface area contributed by atoms with E-state index in [1.54, 1.807) is 6.33 Å². The van der Waals surface area contributed by atoms with Crippen LogP contribution in [0.3, 0.4) is 0 Å². The first-order valence-corrected chi connectivity index (χ1v) is 10.7. The van der Waals surface area contributed by atoms with E-state index in [9.17, 15) is 0 Å². The first-order valence-electron chi connectivity index (χ1n) is 10.7. The van der Waals surface area contributed by atoms with Gasteiger partial charge < -0.3 is 9.32 Å². The second-order valence-electron chi connectivity index (χ2n) is 9.00. The van der Waals surface area contributed by atoms with Crippen molar-refractivity contribution < 1.29 is 4.42 Å². The summed E-state index contributed by atoms with van der Waals surface area (Å²) in [7, 11) is 0.